The van der Waals surface area contributed by atoms with Crippen LogP contribution in [-0.4, -0.2) is 24.7 Å². The minimum absolute atomic E-state index is 0.832. The Morgan fingerprint density at radius 2 is 1.54 bits per heavy atom. The molecule has 4 rings (SSSR count). The Bertz CT molecular complexity index is 1080. The summed E-state index contributed by atoms with van der Waals surface area (Å²) in [6.45, 7) is 3.54. The molecule has 136 valence electrons. The molecule has 5 nitrogen and oxygen atoms in total. The van der Waals surface area contributed by atoms with Crippen LogP contribution >= 0.6 is 31.9 Å². The van der Waals surface area contributed by atoms with Crippen molar-refractivity contribution < 1.29 is 5.11 Å². The van der Waals surface area contributed by atoms with Gasteiger partial charge in [0.25, 0.3) is 0 Å². The quantitative estimate of drug-likeness (QED) is 0.422. The molecule has 0 aliphatic rings. The van der Waals surface area contributed by atoms with E-state index < -0.39 is 5.60 Å². The molecule has 0 spiro atoms. The van der Waals surface area contributed by atoms with Gasteiger partial charge in [-0.3, -0.25) is 9.36 Å². The molecular formula is C19H20Br2N4O. The Morgan fingerprint density at radius 1 is 0.923 bits per heavy atom. The Morgan fingerprint density at radius 3 is 2.19 bits per heavy atom. The van der Waals surface area contributed by atoms with Crippen LogP contribution in [0.25, 0.3) is 21.8 Å². The highest BCUT2D eigenvalue weighted by Gasteiger charge is 2.24. The van der Waals surface area contributed by atoms with Crippen molar-refractivity contribution in [2.24, 2.45) is 14.1 Å². The van der Waals surface area contributed by atoms with Crippen molar-refractivity contribution in [2.45, 2.75) is 19.4 Å². The molecule has 4 aromatic rings. The zero-order valence-corrected chi connectivity index (χ0v) is 18.2. The Kier molecular flexibility index (Phi) is 5.23. The maximum Gasteiger partial charge on any atom is 0.101 e. The largest absolute Gasteiger partial charge is 0.384 e. The number of hydrogen-bond donors (Lipinski definition) is 1. The van der Waals surface area contributed by atoms with Gasteiger partial charge in [-0.2, -0.15) is 10.2 Å². The lowest BCUT2D eigenvalue weighted by atomic mass is 10.0. The van der Waals surface area contributed by atoms with E-state index in [2.05, 4.69) is 48.1 Å². The first kappa shape index (κ1) is 19.1. The first-order valence-electron chi connectivity index (χ1n) is 8.09. The second-order valence-electron chi connectivity index (χ2n) is 6.70. The predicted molar refractivity (Wildman–Crippen MR) is 112 cm³/mol. The summed E-state index contributed by atoms with van der Waals surface area (Å²) < 4.78 is 5.64. The second-order valence-corrected chi connectivity index (χ2v) is 8.53. The van der Waals surface area contributed by atoms with Gasteiger partial charge in [-0.05, 0) is 50.2 Å². The molecule has 0 amide bonds. The highest BCUT2D eigenvalue weighted by atomic mass is 79.9. The Balaban J connectivity index is 0.000000158. The minimum Gasteiger partial charge on any atom is -0.384 e. The van der Waals surface area contributed by atoms with Gasteiger partial charge in [0.1, 0.15) is 5.60 Å². The van der Waals surface area contributed by atoms with Crippen molar-refractivity contribution in [2.75, 3.05) is 0 Å². The monoisotopic (exact) mass is 478 g/mol. The average molecular weight is 480 g/mol. The molecule has 7 heteroatoms. The number of nitrogens with zero attached hydrogens (tertiary/aromatic N) is 4. The third kappa shape index (κ3) is 4.00. The van der Waals surface area contributed by atoms with Crippen LogP contribution in [0.5, 0.6) is 0 Å². The lowest BCUT2D eigenvalue weighted by Gasteiger charge is -2.18. The molecular weight excluding hydrogens is 460 g/mol. The van der Waals surface area contributed by atoms with E-state index in [0.29, 0.717) is 0 Å². The minimum atomic E-state index is -0.885. The summed E-state index contributed by atoms with van der Waals surface area (Å²) in [7, 11) is 3.77. The molecule has 1 N–H and O–H groups in total. The van der Waals surface area contributed by atoms with E-state index >= 15 is 0 Å². The topological polar surface area (TPSA) is 55.9 Å². The number of aliphatic hydroxyl groups is 1. The van der Waals surface area contributed by atoms with E-state index in [0.717, 1.165) is 31.1 Å². The number of halogens is 2. The van der Waals surface area contributed by atoms with E-state index in [1.54, 1.807) is 18.5 Å². The summed E-state index contributed by atoms with van der Waals surface area (Å²) in [5, 5.41) is 20.8. The summed E-state index contributed by atoms with van der Waals surface area (Å²) in [4.78, 5) is 0. The molecule has 26 heavy (non-hydrogen) atoms. The van der Waals surface area contributed by atoms with Gasteiger partial charge < -0.3 is 5.11 Å². The summed E-state index contributed by atoms with van der Waals surface area (Å²) in [5.74, 6) is 0. The van der Waals surface area contributed by atoms with Crippen molar-refractivity contribution >= 4 is 53.7 Å². The molecule has 0 atom stereocenters. The van der Waals surface area contributed by atoms with Gasteiger partial charge in [0, 0.05) is 40.0 Å². The Labute approximate surface area is 168 Å². The van der Waals surface area contributed by atoms with Crippen LogP contribution in [0.4, 0.5) is 0 Å². The highest BCUT2D eigenvalue weighted by Crippen LogP contribution is 2.29. The van der Waals surface area contributed by atoms with Gasteiger partial charge in [0.15, 0.2) is 0 Å². The zero-order chi connectivity index (χ0) is 19.1. The van der Waals surface area contributed by atoms with Crippen LogP contribution in [0, 0.1) is 0 Å². The normalized spacial score (nSPS) is 11.7. The van der Waals surface area contributed by atoms with Gasteiger partial charge in [-0.25, -0.2) is 0 Å². The third-order valence-electron chi connectivity index (χ3n) is 3.96. The maximum atomic E-state index is 10.1. The van der Waals surface area contributed by atoms with Crippen molar-refractivity contribution in [3.05, 3.63) is 57.2 Å². The molecule has 0 saturated heterocycles. The molecule has 0 aliphatic carbocycles. The third-order valence-corrected chi connectivity index (χ3v) is 4.94. The lowest BCUT2D eigenvalue weighted by Crippen LogP contribution is -2.20. The molecule has 0 radical (unpaired) electrons. The number of aromatic nitrogens is 4. The van der Waals surface area contributed by atoms with Crippen LogP contribution in [0.2, 0.25) is 0 Å². The molecule has 0 saturated carbocycles. The van der Waals surface area contributed by atoms with E-state index in [4.69, 9.17) is 0 Å². The summed E-state index contributed by atoms with van der Waals surface area (Å²) >= 11 is 6.83. The number of hydrogen-bond acceptors (Lipinski definition) is 3. The first-order valence-corrected chi connectivity index (χ1v) is 9.68. The van der Waals surface area contributed by atoms with Gasteiger partial charge in [0.05, 0.1) is 16.7 Å². The van der Waals surface area contributed by atoms with E-state index in [9.17, 15) is 5.11 Å². The fourth-order valence-corrected chi connectivity index (χ4v) is 3.76. The predicted octanol–water partition coefficient (Wildman–Crippen LogP) is 4.90. The smallest absolute Gasteiger partial charge is 0.101 e. The van der Waals surface area contributed by atoms with E-state index in [-0.39, 0.29) is 0 Å². The van der Waals surface area contributed by atoms with Gasteiger partial charge in [0.2, 0.25) is 0 Å². The number of aryl methyl sites for hydroxylation is 2. The van der Waals surface area contributed by atoms with Crippen molar-refractivity contribution in [3.8, 4) is 0 Å². The Hall–Kier alpha value is -1.70. The van der Waals surface area contributed by atoms with Crippen LogP contribution < -0.4 is 0 Å². The van der Waals surface area contributed by atoms with Crippen LogP contribution in [-0.2, 0) is 19.7 Å². The maximum absolute atomic E-state index is 10.1. The van der Waals surface area contributed by atoms with Crippen molar-refractivity contribution in [3.63, 3.8) is 0 Å². The van der Waals surface area contributed by atoms with E-state index in [1.807, 2.05) is 55.3 Å². The van der Waals surface area contributed by atoms with E-state index in [1.165, 1.54) is 5.39 Å². The summed E-state index contributed by atoms with van der Waals surface area (Å²) in [6.07, 6.45) is 2.00. The van der Waals surface area contributed by atoms with Crippen molar-refractivity contribution in [1.82, 2.24) is 19.6 Å². The summed E-state index contributed by atoms with van der Waals surface area (Å²) in [6, 6.07) is 11.9. The SMILES string of the molecule is Cn1cc2cc(Br)ccc2n1.Cn1nc2ccc(Br)cc2c1C(C)(C)O. The van der Waals surface area contributed by atoms with Crippen LogP contribution in [0.3, 0.4) is 0 Å². The molecule has 0 aliphatic heterocycles. The standard InChI is InChI=1S/C11H13BrN2O.C8H7BrN2/c1-11(2,15)10-8-6-7(12)4-5-9(8)13-14(10)3;1-11-5-6-4-7(9)2-3-8(6)10-11/h4-6,15H,1-3H3;2-5H,1H3. The lowest BCUT2D eigenvalue weighted by molar-refractivity contribution is 0.0711. The van der Waals surface area contributed by atoms with Gasteiger partial charge >= 0.3 is 0 Å². The van der Waals surface area contributed by atoms with Crippen LogP contribution in [0.1, 0.15) is 19.5 Å². The second kappa shape index (κ2) is 7.13. The fraction of sp³-hybridized carbons (Fsp3) is 0.263. The van der Waals surface area contributed by atoms with Gasteiger partial charge in [-0.15, -0.1) is 0 Å². The number of rotatable bonds is 1. The molecule has 0 bridgehead atoms. The summed E-state index contributed by atoms with van der Waals surface area (Å²) in [5.41, 5.74) is 1.89. The number of fused-ring (bicyclic) bond motifs is 2. The van der Waals surface area contributed by atoms with Crippen molar-refractivity contribution in [1.29, 1.82) is 0 Å². The van der Waals surface area contributed by atoms with Gasteiger partial charge in [-0.1, -0.05) is 31.9 Å². The molecule has 2 aromatic heterocycles. The molecule has 2 aromatic carbocycles. The molecule has 0 fully saturated rings. The first-order chi connectivity index (χ1) is 12.1. The highest BCUT2D eigenvalue weighted by molar-refractivity contribution is 9.10. The van der Waals surface area contributed by atoms with Crippen LogP contribution in [0.15, 0.2) is 51.5 Å². The number of benzene rings is 2. The average Bonchev–Trinajstić information content (AvgIpc) is 3.04. The fourth-order valence-electron chi connectivity index (χ4n) is 3.02. The molecule has 0 unspecified atom stereocenters. The zero-order valence-electron chi connectivity index (χ0n) is 15.0. The molecule has 2 heterocycles.